The molecule has 0 heterocycles. The molecule has 248 valence electrons. The summed E-state index contributed by atoms with van der Waals surface area (Å²) in [6, 6.07) is 16.3. The van der Waals surface area contributed by atoms with Gasteiger partial charge in [0.15, 0.2) is 19.8 Å². The van der Waals surface area contributed by atoms with Crippen LogP contribution in [0.4, 0.5) is 0 Å². The number of carbonyl (C=O) groups excluding carboxylic acids is 3. The Morgan fingerprint density at radius 1 is 0.804 bits per heavy atom. The summed E-state index contributed by atoms with van der Waals surface area (Å²) >= 11 is 6.73. The van der Waals surface area contributed by atoms with Crippen molar-refractivity contribution in [3.63, 3.8) is 0 Å². The number of hydrogen-bond acceptors (Lipinski definition) is 9. The van der Waals surface area contributed by atoms with E-state index < -0.39 is 32.0 Å². The molecule has 0 saturated heterocycles. The molecule has 1 amide bonds. The van der Waals surface area contributed by atoms with Gasteiger partial charge >= 0.3 is 5.97 Å². The highest BCUT2D eigenvalue weighted by molar-refractivity contribution is 6.74. The topological polar surface area (TPSA) is 119 Å². The van der Waals surface area contributed by atoms with E-state index in [4.69, 9.17) is 39.7 Å². The first-order chi connectivity index (χ1) is 21.7. The monoisotopic (exact) mass is 671 g/mol. The van der Waals surface area contributed by atoms with E-state index in [2.05, 4.69) is 26.1 Å². The summed E-state index contributed by atoms with van der Waals surface area (Å²) in [5.74, 6) is -1.03. The molecule has 1 atom stereocenters. The number of ketones is 1. The van der Waals surface area contributed by atoms with Crippen molar-refractivity contribution in [3.05, 3.63) is 82.4 Å². The molecule has 0 aromatic heterocycles. The van der Waals surface area contributed by atoms with Gasteiger partial charge in [0.2, 0.25) is 0 Å². The van der Waals surface area contributed by atoms with Crippen LogP contribution in [0.1, 0.15) is 42.3 Å². The van der Waals surface area contributed by atoms with Crippen LogP contribution in [0.5, 0.6) is 23.0 Å². The van der Waals surface area contributed by atoms with Crippen LogP contribution in [0.25, 0.3) is 0 Å². The number of carbonyl (C=O) groups is 3. The summed E-state index contributed by atoms with van der Waals surface area (Å²) in [4.78, 5) is 39.1. The van der Waals surface area contributed by atoms with Crippen molar-refractivity contribution in [3.8, 4) is 23.0 Å². The minimum atomic E-state index is -2.28. The molecule has 0 aliphatic heterocycles. The van der Waals surface area contributed by atoms with Crippen molar-refractivity contribution in [2.45, 2.75) is 58.2 Å². The van der Waals surface area contributed by atoms with Gasteiger partial charge in [-0.15, -0.1) is 0 Å². The number of rotatable bonds is 15. The molecule has 10 nitrogen and oxygen atoms in total. The molecule has 0 fully saturated rings. The molecule has 0 bridgehead atoms. The van der Waals surface area contributed by atoms with Crippen LogP contribution < -0.4 is 24.3 Å². The number of esters is 1. The Bertz CT molecular complexity index is 1500. The SMILES string of the molecule is COC(=O)[C@@H](CO[Si](C)(C)C(C)(C)C)NC(=O)C(=O)c1ccc(OCc2ccc(OC)cc2)c(OCc2ccc(OC)cc2)c1Cl. The number of halogens is 1. The average molecular weight is 672 g/mol. The highest BCUT2D eigenvalue weighted by Gasteiger charge is 2.39. The van der Waals surface area contributed by atoms with E-state index >= 15 is 0 Å². The number of methoxy groups -OCH3 is 3. The zero-order valence-electron chi connectivity index (χ0n) is 27.5. The van der Waals surface area contributed by atoms with Crippen molar-refractivity contribution >= 4 is 37.6 Å². The molecule has 0 saturated carbocycles. The van der Waals surface area contributed by atoms with E-state index in [9.17, 15) is 14.4 Å². The highest BCUT2D eigenvalue weighted by Crippen LogP contribution is 2.39. The molecule has 0 unspecified atom stereocenters. The molecule has 12 heteroatoms. The van der Waals surface area contributed by atoms with Crippen LogP contribution in [-0.2, 0) is 32.0 Å². The lowest BCUT2D eigenvalue weighted by Crippen LogP contribution is -2.51. The van der Waals surface area contributed by atoms with Gasteiger partial charge in [0.05, 0.1) is 38.5 Å². The van der Waals surface area contributed by atoms with Crippen LogP contribution >= 0.6 is 11.6 Å². The Labute approximate surface area is 276 Å². The first-order valence-electron chi connectivity index (χ1n) is 14.6. The molecule has 3 aromatic carbocycles. The third-order valence-corrected chi connectivity index (χ3v) is 12.7. The fourth-order valence-corrected chi connectivity index (χ4v) is 5.20. The molecule has 3 aromatic rings. The van der Waals surface area contributed by atoms with Crippen LogP contribution in [0, 0.1) is 0 Å². The van der Waals surface area contributed by atoms with Crippen LogP contribution in [-0.4, -0.2) is 60.0 Å². The summed E-state index contributed by atoms with van der Waals surface area (Å²) in [5.41, 5.74) is 1.52. The number of amides is 1. The van der Waals surface area contributed by atoms with Crippen LogP contribution in [0.2, 0.25) is 23.2 Å². The minimum absolute atomic E-state index is 0.0791. The Kier molecular flexibility index (Phi) is 12.6. The van der Waals surface area contributed by atoms with Gasteiger partial charge in [-0.3, -0.25) is 9.59 Å². The maximum Gasteiger partial charge on any atom is 0.330 e. The maximum atomic E-state index is 13.4. The zero-order valence-corrected chi connectivity index (χ0v) is 29.3. The summed E-state index contributed by atoms with van der Waals surface area (Å²) < 4.78 is 33.5. The summed E-state index contributed by atoms with van der Waals surface area (Å²) in [6.07, 6.45) is 0. The Balaban J connectivity index is 1.86. The first kappa shape index (κ1) is 36.4. The average Bonchev–Trinajstić information content (AvgIpc) is 3.04. The summed E-state index contributed by atoms with van der Waals surface area (Å²) in [7, 11) is 2.08. The van der Waals surface area contributed by atoms with Gasteiger partial charge in [0, 0.05) is 0 Å². The normalized spacial score (nSPS) is 12.1. The van der Waals surface area contributed by atoms with Gasteiger partial charge in [-0.1, -0.05) is 56.6 Å². The molecule has 0 spiro atoms. The Morgan fingerprint density at radius 3 is 1.80 bits per heavy atom. The predicted octanol–water partition coefficient (Wildman–Crippen LogP) is 6.38. The third kappa shape index (κ3) is 9.48. The van der Waals surface area contributed by atoms with Crippen molar-refractivity contribution in [1.29, 1.82) is 0 Å². The minimum Gasteiger partial charge on any atom is -0.497 e. The number of benzene rings is 3. The van der Waals surface area contributed by atoms with E-state index in [-0.39, 0.29) is 46.9 Å². The van der Waals surface area contributed by atoms with Crippen LogP contribution in [0.3, 0.4) is 0 Å². The van der Waals surface area contributed by atoms with Crippen LogP contribution in [0.15, 0.2) is 60.7 Å². The second-order valence-electron chi connectivity index (χ2n) is 12.0. The quantitative estimate of drug-likeness (QED) is 0.0850. The lowest BCUT2D eigenvalue weighted by molar-refractivity contribution is -0.145. The van der Waals surface area contributed by atoms with Crippen molar-refractivity contribution in [2.75, 3.05) is 27.9 Å². The molecule has 1 N–H and O–H groups in total. The van der Waals surface area contributed by atoms with Crippen molar-refractivity contribution in [1.82, 2.24) is 5.32 Å². The molecule has 0 aliphatic rings. The second-order valence-corrected chi connectivity index (χ2v) is 17.2. The maximum absolute atomic E-state index is 13.4. The Morgan fingerprint density at radius 2 is 1.33 bits per heavy atom. The van der Waals surface area contributed by atoms with Gasteiger partial charge in [0.1, 0.15) is 30.8 Å². The van der Waals surface area contributed by atoms with Crippen molar-refractivity contribution in [2.24, 2.45) is 0 Å². The molecule has 3 rings (SSSR count). The lowest BCUT2D eigenvalue weighted by Gasteiger charge is -2.37. The van der Waals surface area contributed by atoms with E-state index in [1.807, 2.05) is 49.5 Å². The largest absolute Gasteiger partial charge is 0.497 e. The van der Waals surface area contributed by atoms with Gasteiger partial charge < -0.3 is 33.4 Å². The number of nitrogens with one attached hydrogen (secondary N) is 1. The molecule has 0 radical (unpaired) electrons. The zero-order chi connectivity index (χ0) is 34.1. The van der Waals surface area contributed by atoms with Gasteiger partial charge in [-0.05, 0) is 65.7 Å². The van der Waals surface area contributed by atoms with Crippen molar-refractivity contribution < 1.29 is 42.5 Å². The summed E-state index contributed by atoms with van der Waals surface area (Å²) in [6.45, 7) is 10.3. The number of hydrogen-bond donors (Lipinski definition) is 1. The van der Waals surface area contributed by atoms with E-state index in [0.29, 0.717) is 11.5 Å². The highest BCUT2D eigenvalue weighted by atomic mass is 35.5. The fraction of sp³-hybridized carbons (Fsp3) is 0.382. The second kappa shape index (κ2) is 16.0. The van der Waals surface area contributed by atoms with Gasteiger partial charge in [-0.25, -0.2) is 4.79 Å². The molecule has 0 aliphatic carbocycles. The molecular weight excluding hydrogens is 630 g/mol. The smallest absolute Gasteiger partial charge is 0.330 e. The number of Topliss-reactive ketones (excluding diaryl/α,β-unsaturated/α-hetero) is 1. The summed E-state index contributed by atoms with van der Waals surface area (Å²) in [5, 5.41) is 2.20. The van der Waals surface area contributed by atoms with Gasteiger partial charge in [-0.2, -0.15) is 0 Å². The molecular formula is C34H42ClNO9Si. The molecule has 46 heavy (non-hydrogen) atoms. The standard InChI is InChI=1S/C34H42ClNO9Si/c1-34(2,3)46(7,8)45-21-27(33(39)42-6)36-32(38)30(37)26-17-18-28(43-19-22-9-13-24(40-4)14-10-22)31(29(26)35)44-20-23-11-15-25(41-5)16-12-23/h9-18,27H,19-21H2,1-8H3,(H,36,38)/t27-/m1/s1. The first-order valence-corrected chi connectivity index (χ1v) is 17.9. The van der Waals surface area contributed by atoms with E-state index in [1.165, 1.54) is 19.2 Å². The van der Waals surface area contributed by atoms with E-state index in [1.54, 1.807) is 26.4 Å². The lowest BCUT2D eigenvalue weighted by atomic mass is 10.1. The van der Waals surface area contributed by atoms with Gasteiger partial charge in [0.25, 0.3) is 11.7 Å². The Hall–Kier alpha value is -4.06. The number of ether oxygens (including phenoxy) is 5. The fourth-order valence-electron chi connectivity index (χ4n) is 3.89. The van der Waals surface area contributed by atoms with E-state index in [0.717, 1.165) is 11.1 Å². The third-order valence-electron chi connectivity index (χ3n) is 7.82. The predicted molar refractivity (Wildman–Crippen MR) is 178 cm³/mol.